The van der Waals surface area contributed by atoms with Gasteiger partial charge in [0, 0.05) is 0 Å². The molecule has 0 aliphatic heterocycles. The summed E-state index contributed by atoms with van der Waals surface area (Å²) in [6.07, 6.45) is 0. The second-order valence-corrected chi connectivity index (χ2v) is 2.58. The van der Waals surface area contributed by atoms with Gasteiger partial charge < -0.3 is 51.0 Å². The van der Waals surface area contributed by atoms with E-state index in [9.17, 15) is 9.59 Å². The quantitative estimate of drug-likeness (QED) is 0.326. The van der Waals surface area contributed by atoms with E-state index in [0.29, 0.717) is 0 Å². The zero-order valence-corrected chi connectivity index (χ0v) is 10.3. The third-order valence-corrected chi connectivity index (χ3v) is 0.823. The van der Waals surface area contributed by atoms with Gasteiger partial charge >= 0.3 is 43.7 Å². The van der Waals surface area contributed by atoms with Gasteiger partial charge in [0.05, 0.1) is 10.5 Å². The third-order valence-electron chi connectivity index (χ3n) is 0.705. The molecule has 0 aromatic rings. The molecule has 0 aromatic heterocycles. The first-order valence-electron chi connectivity index (χ1n) is 2.94. The molecule has 0 fully saturated rings. The molecular formula is C5H8Li2N2O4S2. The Kier molecular flexibility index (Phi) is 22.8. The summed E-state index contributed by atoms with van der Waals surface area (Å²) in [5, 5.41) is 8.69. The maximum Gasteiger partial charge on any atom is 1.00 e. The number of nitrogens with one attached hydrogen (secondary N) is 1. The zero-order chi connectivity index (χ0) is 11.0. The number of nitrogens with two attached hydrogens (primary N) is 1. The van der Waals surface area contributed by atoms with Crippen molar-refractivity contribution >= 4 is 41.7 Å². The summed E-state index contributed by atoms with van der Waals surface area (Å²) in [5.74, 6) is -1.09. The fraction of sp³-hybridized carbons (Fsp3) is 0.400. The predicted octanol–water partition coefficient (Wildman–Crippen LogP) is -6.66. The molecule has 6 nitrogen and oxygen atoms in total. The standard InChI is InChI=1S/C4H7NO3S.CH3NOS.2Li/c1-2(3(6)7)5-4(8)9;2-1(3)4;;/h2H,1H3,(H,6,7)(H2,5,8,9);(H3,2,3,4);;/q;;2*+1/p-2. The van der Waals surface area contributed by atoms with Crippen LogP contribution in [0.1, 0.15) is 6.92 Å². The van der Waals surface area contributed by atoms with Crippen LogP contribution in [0.2, 0.25) is 0 Å². The van der Waals surface area contributed by atoms with Gasteiger partial charge in [-0.2, -0.15) is 0 Å². The summed E-state index contributed by atoms with van der Waals surface area (Å²) in [6.45, 7) is 1.34. The average Bonchev–Trinajstić information content (AvgIpc) is 1.83. The van der Waals surface area contributed by atoms with E-state index in [4.69, 9.17) is 9.90 Å². The average molecular weight is 238 g/mol. The van der Waals surface area contributed by atoms with Crippen LogP contribution in [0, 0.1) is 0 Å². The van der Waals surface area contributed by atoms with Crippen LogP contribution >= 0.6 is 0 Å². The van der Waals surface area contributed by atoms with Crippen molar-refractivity contribution in [3.63, 3.8) is 0 Å². The largest absolute Gasteiger partial charge is 1.00 e. The number of hydrogen-bond donors (Lipinski definition) is 3. The van der Waals surface area contributed by atoms with Crippen molar-refractivity contribution in [3.05, 3.63) is 0 Å². The van der Waals surface area contributed by atoms with Gasteiger partial charge in [0.25, 0.3) is 0 Å². The molecule has 0 saturated carbocycles. The Hall–Kier alpha value is 0.0448. The van der Waals surface area contributed by atoms with Crippen molar-refractivity contribution in [2.24, 2.45) is 5.73 Å². The summed E-state index contributed by atoms with van der Waals surface area (Å²) in [6, 6.07) is -0.894. The van der Waals surface area contributed by atoms with Gasteiger partial charge in [-0.25, -0.2) is 0 Å². The van der Waals surface area contributed by atoms with E-state index >= 15 is 0 Å². The summed E-state index contributed by atoms with van der Waals surface area (Å²) in [4.78, 5) is 29.0. The van der Waals surface area contributed by atoms with Crippen LogP contribution in [0.3, 0.4) is 0 Å². The number of hydrogen-bond acceptors (Lipinski definition) is 5. The normalized spacial score (nSPS) is 8.87. The Morgan fingerprint density at radius 2 is 1.53 bits per heavy atom. The second-order valence-electron chi connectivity index (χ2n) is 1.81. The topological polar surface area (TPSA) is 109 Å². The predicted molar refractivity (Wildman–Crippen MR) is 49.9 cm³/mol. The Bertz CT molecular complexity index is 213. The second kappa shape index (κ2) is 14.0. The van der Waals surface area contributed by atoms with E-state index in [1.165, 1.54) is 6.92 Å². The maximum absolute atomic E-state index is 10.00. The molecule has 0 aromatic carbocycles. The summed E-state index contributed by atoms with van der Waals surface area (Å²) >= 11 is 7.82. The van der Waals surface area contributed by atoms with Crippen LogP contribution in [0.4, 0.5) is 9.59 Å². The van der Waals surface area contributed by atoms with Crippen LogP contribution < -0.4 is 48.8 Å². The van der Waals surface area contributed by atoms with Crippen molar-refractivity contribution in [3.8, 4) is 0 Å². The Morgan fingerprint density at radius 1 is 1.27 bits per heavy atom. The van der Waals surface area contributed by atoms with Gasteiger partial charge in [0.2, 0.25) is 0 Å². The first kappa shape index (κ1) is 24.3. The van der Waals surface area contributed by atoms with Crippen molar-refractivity contribution in [1.82, 2.24) is 5.32 Å². The van der Waals surface area contributed by atoms with Gasteiger partial charge in [-0.3, -0.25) is 4.79 Å². The van der Waals surface area contributed by atoms with Crippen LogP contribution in [0.15, 0.2) is 0 Å². The maximum atomic E-state index is 10.00. The minimum Gasteiger partial charge on any atom is -0.719 e. The number of carboxylic acid groups (broad SMARTS) is 1. The summed E-state index contributed by atoms with van der Waals surface area (Å²) < 4.78 is 0. The van der Waals surface area contributed by atoms with Crippen LogP contribution in [-0.4, -0.2) is 27.6 Å². The van der Waals surface area contributed by atoms with Crippen molar-refractivity contribution < 1.29 is 57.2 Å². The fourth-order valence-corrected chi connectivity index (χ4v) is 0.415. The molecule has 10 heteroatoms. The van der Waals surface area contributed by atoms with Crippen LogP contribution in [0.25, 0.3) is 0 Å². The molecule has 0 heterocycles. The number of amides is 2. The van der Waals surface area contributed by atoms with Gasteiger partial charge in [-0.15, -0.1) is 0 Å². The van der Waals surface area contributed by atoms with Gasteiger partial charge in [-0.1, -0.05) is 0 Å². The van der Waals surface area contributed by atoms with Gasteiger partial charge in [0.15, 0.2) is 0 Å². The smallest absolute Gasteiger partial charge is 0.719 e. The van der Waals surface area contributed by atoms with Crippen molar-refractivity contribution in [2.45, 2.75) is 13.0 Å². The molecule has 2 amide bonds. The molecule has 0 spiro atoms. The zero-order valence-electron chi connectivity index (χ0n) is 8.64. The molecule has 4 N–H and O–H groups in total. The van der Waals surface area contributed by atoms with E-state index in [1.54, 1.807) is 0 Å². The molecule has 1 atom stereocenters. The Morgan fingerprint density at radius 3 is 1.60 bits per heavy atom. The molecule has 0 bridgehead atoms. The van der Waals surface area contributed by atoms with Gasteiger partial charge in [-0.05, 0) is 6.92 Å². The molecule has 0 rings (SSSR count). The number of rotatable bonds is 2. The molecule has 0 aliphatic carbocycles. The van der Waals surface area contributed by atoms with E-state index in [2.05, 4.69) is 31.0 Å². The SMILES string of the molecule is CC(NC(=O)[S-])C(=O)O.NC(=O)[S-].[Li+].[Li+]. The number of carbonyl (C=O) groups excluding carboxylic acids is 2. The van der Waals surface area contributed by atoms with Crippen LogP contribution in [0.5, 0.6) is 0 Å². The molecule has 15 heavy (non-hydrogen) atoms. The molecule has 0 aliphatic rings. The first-order chi connectivity index (χ1) is 5.77. The van der Waals surface area contributed by atoms with Crippen molar-refractivity contribution in [2.75, 3.05) is 0 Å². The number of carbonyl (C=O) groups is 3. The Balaban J connectivity index is -0.0000000883. The number of carboxylic acids is 1. The molecule has 1 unspecified atom stereocenters. The fourth-order valence-electron chi connectivity index (χ4n) is 0.239. The summed E-state index contributed by atoms with van der Waals surface area (Å²) in [5.41, 5.74) is 4.29. The first-order valence-corrected chi connectivity index (χ1v) is 3.75. The van der Waals surface area contributed by atoms with E-state index < -0.39 is 22.5 Å². The van der Waals surface area contributed by atoms with Gasteiger partial charge in [0.1, 0.15) is 6.04 Å². The van der Waals surface area contributed by atoms with Crippen molar-refractivity contribution in [1.29, 1.82) is 0 Å². The monoisotopic (exact) mass is 238 g/mol. The number of primary amides is 1. The number of aliphatic carboxylic acids is 1. The Labute approximate surface area is 122 Å². The van der Waals surface area contributed by atoms with E-state index in [-0.39, 0.29) is 37.7 Å². The molecule has 0 radical (unpaired) electrons. The summed E-state index contributed by atoms with van der Waals surface area (Å²) in [7, 11) is 0. The minimum atomic E-state index is -1.09. The molecule has 76 valence electrons. The van der Waals surface area contributed by atoms with E-state index in [0.717, 1.165) is 0 Å². The molecular weight excluding hydrogens is 230 g/mol. The van der Waals surface area contributed by atoms with Crippen LogP contribution in [-0.2, 0) is 30.1 Å². The third kappa shape index (κ3) is 31.5. The minimum absolute atomic E-state index is 0. The van der Waals surface area contributed by atoms with E-state index in [1.807, 2.05) is 5.32 Å². The molecule has 0 saturated heterocycles.